The molecule has 0 bridgehead atoms. The number of ether oxygens (including phenoxy) is 1. The van der Waals surface area contributed by atoms with Crippen molar-refractivity contribution in [1.29, 1.82) is 0 Å². The van der Waals surface area contributed by atoms with Crippen LogP contribution in [0.3, 0.4) is 0 Å². The first-order valence-corrected chi connectivity index (χ1v) is 8.60. The van der Waals surface area contributed by atoms with Gasteiger partial charge in [0.25, 0.3) is 5.91 Å². The number of aromatic hydroxyl groups is 1. The minimum absolute atomic E-state index is 0.0481. The number of amidine groups is 1. The quantitative estimate of drug-likeness (QED) is 0.473. The molecule has 1 aliphatic rings. The van der Waals surface area contributed by atoms with Crippen molar-refractivity contribution in [3.05, 3.63) is 62.5 Å². The van der Waals surface area contributed by atoms with Gasteiger partial charge in [0.05, 0.1) is 22.6 Å². The number of benzene rings is 2. The summed E-state index contributed by atoms with van der Waals surface area (Å²) in [5, 5.41) is 24.0. The van der Waals surface area contributed by atoms with Crippen LogP contribution in [0.25, 0.3) is 6.08 Å². The highest BCUT2D eigenvalue weighted by molar-refractivity contribution is 8.18. The lowest BCUT2D eigenvalue weighted by molar-refractivity contribution is -0.386. The van der Waals surface area contributed by atoms with Gasteiger partial charge < -0.3 is 15.2 Å². The van der Waals surface area contributed by atoms with Crippen molar-refractivity contribution in [2.75, 3.05) is 7.11 Å². The van der Waals surface area contributed by atoms with Gasteiger partial charge in [-0.1, -0.05) is 17.7 Å². The smallest absolute Gasteiger partial charge is 0.315 e. The first kappa shape index (κ1) is 18.5. The maximum atomic E-state index is 12.2. The Morgan fingerprint density at radius 3 is 2.63 bits per heavy atom. The molecule has 0 unspecified atom stereocenters. The Hall–Kier alpha value is -3.33. The fourth-order valence-electron chi connectivity index (χ4n) is 2.36. The first-order chi connectivity index (χ1) is 12.9. The van der Waals surface area contributed by atoms with Crippen LogP contribution in [-0.4, -0.2) is 28.2 Å². The molecule has 0 aliphatic carbocycles. The van der Waals surface area contributed by atoms with Crippen LogP contribution in [0.2, 0.25) is 0 Å². The summed E-state index contributed by atoms with van der Waals surface area (Å²) >= 11 is 1.12. The van der Waals surface area contributed by atoms with E-state index in [2.05, 4.69) is 10.3 Å². The molecule has 0 saturated carbocycles. The minimum Gasteiger partial charge on any atom is -0.500 e. The molecule has 2 aromatic rings. The number of aliphatic imine (C=N–C) groups is 1. The van der Waals surface area contributed by atoms with Crippen molar-refractivity contribution in [1.82, 2.24) is 5.32 Å². The summed E-state index contributed by atoms with van der Waals surface area (Å²) in [5.74, 6) is -0.969. The summed E-state index contributed by atoms with van der Waals surface area (Å²) in [6, 6.07) is 10.1. The first-order valence-electron chi connectivity index (χ1n) is 7.79. The SMILES string of the molecule is COc1cc(/C=C2\SC(=Nc3ccc(C)cc3)NC2=O)cc([N+](=O)[O-])c1O. The molecule has 2 N–H and O–H groups in total. The Labute approximate surface area is 158 Å². The van der Waals surface area contributed by atoms with E-state index in [4.69, 9.17) is 4.74 Å². The van der Waals surface area contributed by atoms with Gasteiger partial charge in [-0.15, -0.1) is 0 Å². The van der Waals surface area contributed by atoms with E-state index in [-0.39, 0.29) is 11.7 Å². The van der Waals surface area contributed by atoms with E-state index < -0.39 is 16.4 Å². The van der Waals surface area contributed by atoms with Crippen LogP contribution in [0.5, 0.6) is 11.5 Å². The van der Waals surface area contributed by atoms with Gasteiger partial charge in [-0.2, -0.15) is 0 Å². The second kappa shape index (κ2) is 7.50. The molecule has 1 fully saturated rings. The van der Waals surface area contributed by atoms with Gasteiger partial charge in [0, 0.05) is 6.07 Å². The topological polar surface area (TPSA) is 114 Å². The third-order valence-electron chi connectivity index (χ3n) is 3.71. The molecule has 8 nitrogen and oxygen atoms in total. The maximum Gasteiger partial charge on any atom is 0.315 e. The number of methoxy groups -OCH3 is 1. The Balaban J connectivity index is 1.91. The highest BCUT2D eigenvalue weighted by Crippen LogP contribution is 2.38. The molecular weight excluding hydrogens is 370 g/mol. The number of hydrogen-bond donors (Lipinski definition) is 2. The average Bonchev–Trinajstić information content (AvgIpc) is 2.97. The molecular formula is C18H15N3O5S. The second-order valence-corrected chi connectivity index (χ2v) is 6.70. The molecule has 1 aliphatic heterocycles. The number of carbonyl (C=O) groups excluding carboxylic acids is 1. The zero-order valence-corrected chi connectivity index (χ0v) is 15.2. The van der Waals surface area contributed by atoms with E-state index in [1.54, 1.807) is 0 Å². The maximum absolute atomic E-state index is 12.2. The molecule has 27 heavy (non-hydrogen) atoms. The fourth-order valence-corrected chi connectivity index (χ4v) is 3.20. The van der Waals surface area contributed by atoms with Crippen molar-refractivity contribution in [3.8, 4) is 11.5 Å². The number of nitro benzene ring substituents is 1. The van der Waals surface area contributed by atoms with Crippen molar-refractivity contribution in [3.63, 3.8) is 0 Å². The lowest BCUT2D eigenvalue weighted by Crippen LogP contribution is -2.19. The zero-order valence-electron chi connectivity index (χ0n) is 14.4. The van der Waals surface area contributed by atoms with E-state index in [1.807, 2.05) is 31.2 Å². The summed E-state index contributed by atoms with van der Waals surface area (Å²) in [7, 11) is 1.29. The van der Waals surface area contributed by atoms with Gasteiger partial charge in [-0.05, 0) is 48.5 Å². The summed E-state index contributed by atoms with van der Waals surface area (Å²) in [6.45, 7) is 1.97. The van der Waals surface area contributed by atoms with Crippen molar-refractivity contribution >= 4 is 40.3 Å². The molecule has 0 radical (unpaired) electrons. The van der Waals surface area contributed by atoms with Gasteiger partial charge in [0.15, 0.2) is 10.9 Å². The highest BCUT2D eigenvalue weighted by Gasteiger charge is 2.25. The average molecular weight is 385 g/mol. The van der Waals surface area contributed by atoms with Crippen molar-refractivity contribution in [2.24, 2.45) is 4.99 Å². The molecule has 138 valence electrons. The highest BCUT2D eigenvalue weighted by atomic mass is 32.2. The fraction of sp³-hybridized carbons (Fsp3) is 0.111. The molecule has 0 spiro atoms. The number of rotatable bonds is 4. The van der Waals surface area contributed by atoms with Crippen LogP contribution in [0.1, 0.15) is 11.1 Å². The molecule has 3 rings (SSSR count). The Bertz CT molecular complexity index is 983. The van der Waals surface area contributed by atoms with Crippen LogP contribution in [-0.2, 0) is 4.79 Å². The van der Waals surface area contributed by atoms with E-state index in [0.29, 0.717) is 21.3 Å². The number of phenolic OH excluding ortho intramolecular Hbond substituents is 1. The standard InChI is InChI=1S/C18H15N3O5S/c1-10-3-5-12(6-4-10)19-18-20-17(23)15(27-18)9-11-7-13(21(24)25)16(22)14(8-11)26-2/h3-9,22H,1-2H3,(H,19,20,23)/b15-9-. The number of phenols is 1. The minimum atomic E-state index is -0.716. The number of carbonyl (C=O) groups is 1. The van der Waals surface area contributed by atoms with Crippen LogP contribution in [0.15, 0.2) is 46.3 Å². The molecule has 9 heteroatoms. The summed E-state index contributed by atoms with van der Waals surface area (Å²) in [4.78, 5) is 27.2. The van der Waals surface area contributed by atoms with E-state index in [0.717, 1.165) is 17.3 Å². The summed E-state index contributed by atoms with van der Waals surface area (Å²) < 4.78 is 4.96. The molecule has 0 aromatic heterocycles. The van der Waals surface area contributed by atoms with Gasteiger partial charge >= 0.3 is 5.69 Å². The van der Waals surface area contributed by atoms with Gasteiger partial charge in [-0.3, -0.25) is 14.9 Å². The molecule has 1 amide bonds. The van der Waals surface area contributed by atoms with Gasteiger partial charge in [0.2, 0.25) is 5.75 Å². The monoisotopic (exact) mass is 385 g/mol. The lowest BCUT2D eigenvalue weighted by atomic mass is 10.1. The van der Waals surface area contributed by atoms with E-state index in [9.17, 15) is 20.0 Å². The van der Waals surface area contributed by atoms with Crippen LogP contribution < -0.4 is 10.1 Å². The molecule has 0 atom stereocenters. The molecule has 1 saturated heterocycles. The number of nitrogens with zero attached hydrogens (tertiary/aromatic N) is 2. The number of nitro groups is 1. The third kappa shape index (κ3) is 4.09. The van der Waals surface area contributed by atoms with E-state index >= 15 is 0 Å². The number of thioether (sulfide) groups is 1. The number of nitrogens with one attached hydrogen (secondary N) is 1. The summed E-state index contributed by atoms with van der Waals surface area (Å²) in [6.07, 6.45) is 1.48. The van der Waals surface area contributed by atoms with Gasteiger partial charge in [0.1, 0.15) is 0 Å². The van der Waals surface area contributed by atoms with Crippen molar-refractivity contribution in [2.45, 2.75) is 6.92 Å². The van der Waals surface area contributed by atoms with Crippen molar-refractivity contribution < 1.29 is 19.6 Å². The zero-order chi connectivity index (χ0) is 19.6. The Morgan fingerprint density at radius 2 is 2.00 bits per heavy atom. The van der Waals surface area contributed by atoms with Crippen LogP contribution in [0.4, 0.5) is 11.4 Å². The molecule has 1 heterocycles. The second-order valence-electron chi connectivity index (χ2n) is 5.67. The van der Waals surface area contributed by atoms with Crippen LogP contribution >= 0.6 is 11.8 Å². The number of amides is 1. The summed E-state index contributed by atoms with van der Waals surface area (Å²) in [5.41, 5.74) is 1.65. The van der Waals surface area contributed by atoms with Gasteiger partial charge in [-0.25, -0.2) is 4.99 Å². The number of aryl methyl sites for hydroxylation is 1. The molecule has 2 aromatic carbocycles. The van der Waals surface area contributed by atoms with Crippen LogP contribution in [0, 0.1) is 17.0 Å². The number of hydrogen-bond acceptors (Lipinski definition) is 7. The van der Waals surface area contributed by atoms with E-state index in [1.165, 1.54) is 25.3 Å². The largest absolute Gasteiger partial charge is 0.500 e. The Kier molecular flexibility index (Phi) is 5.13. The Morgan fingerprint density at radius 1 is 1.30 bits per heavy atom. The predicted molar refractivity (Wildman–Crippen MR) is 103 cm³/mol. The lowest BCUT2D eigenvalue weighted by Gasteiger charge is -2.05. The third-order valence-corrected chi connectivity index (χ3v) is 4.62. The normalized spacial score (nSPS) is 16.6. The predicted octanol–water partition coefficient (Wildman–Crippen LogP) is 3.51.